The molecule has 1 aliphatic heterocycles. The van der Waals surface area contributed by atoms with E-state index in [1.807, 2.05) is 53.4 Å². The molecule has 33 heavy (non-hydrogen) atoms. The van der Waals surface area contributed by atoms with Crippen molar-refractivity contribution in [2.45, 2.75) is 51.5 Å². The molecule has 4 rings (SSSR count). The van der Waals surface area contributed by atoms with Crippen molar-refractivity contribution in [3.05, 3.63) is 81.5 Å². The first-order chi connectivity index (χ1) is 15.8. The van der Waals surface area contributed by atoms with Gasteiger partial charge in [0.25, 0.3) is 5.91 Å². The van der Waals surface area contributed by atoms with Crippen LogP contribution in [0.4, 0.5) is 0 Å². The van der Waals surface area contributed by atoms with Gasteiger partial charge in [0.1, 0.15) is 11.6 Å². The average molecular weight is 449 g/mol. The number of amides is 1. The maximum absolute atomic E-state index is 13.0. The highest BCUT2D eigenvalue weighted by Crippen LogP contribution is 2.28. The third kappa shape index (κ3) is 5.02. The third-order valence-corrected chi connectivity index (χ3v) is 6.43. The summed E-state index contributed by atoms with van der Waals surface area (Å²) in [7, 11) is 1.63. The number of methoxy groups -OCH3 is 1. The minimum Gasteiger partial charge on any atom is -0.497 e. The highest BCUT2D eigenvalue weighted by atomic mass is 16.5. The van der Waals surface area contributed by atoms with Gasteiger partial charge in [-0.3, -0.25) is 9.36 Å². The Morgan fingerprint density at radius 1 is 1.06 bits per heavy atom. The van der Waals surface area contributed by atoms with Crippen LogP contribution in [-0.4, -0.2) is 45.8 Å². The predicted octanol–water partition coefficient (Wildman–Crippen LogP) is 3.95. The molecule has 3 aromatic rings. The number of piperidine rings is 1. The second-order valence-electron chi connectivity index (χ2n) is 9.72. The molecule has 1 amide bonds. The summed E-state index contributed by atoms with van der Waals surface area (Å²) in [5.41, 5.74) is 2.79. The molecule has 0 atom stereocenters. The van der Waals surface area contributed by atoms with E-state index in [0.717, 1.165) is 35.5 Å². The molecule has 1 N–H and O–H groups in total. The van der Waals surface area contributed by atoms with Crippen LogP contribution in [0.1, 0.15) is 66.8 Å². The van der Waals surface area contributed by atoms with Gasteiger partial charge in [-0.05, 0) is 53.6 Å². The number of aromatic nitrogens is 3. The predicted molar refractivity (Wildman–Crippen MR) is 128 cm³/mol. The highest BCUT2D eigenvalue weighted by Gasteiger charge is 2.28. The van der Waals surface area contributed by atoms with Crippen molar-refractivity contribution >= 4 is 5.91 Å². The van der Waals surface area contributed by atoms with Gasteiger partial charge in [0, 0.05) is 24.6 Å². The summed E-state index contributed by atoms with van der Waals surface area (Å²) >= 11 is 0. The number of rotatable bonds is 5. The zero-order valence-corrected chi connectivity index (χ0v) is 19.8. The summed E-state index contributed by atoms with van der Waals surface area (Å²) in [6.45, 7) is 8.24. The number of H-pyrrole nitrogens is 1. The Balaban J connectivity index is 1.42. The first kappa shape index (κ1) is 22.8. The van der Waals surface area contributed by atoms with Crippen LogP contribution >= 0.6 is 0 Å². The summed E-state index contributed by atoms with van der Waals surface area (Å²) in [6.07, 6.45) is 1.55. The van der Waals surface area contributed by atoms with Crippen molar-refractivity contribution in [3.8, 4) is 5.75 Å². The van der Waals surface area contributed by atoms with E-state index in [2.05, 4.69) is 31.0 Å². The molecule has 1 aromatic heterocycles. The Labute approximate surface area is 194 Å². The first-order valence-electron chi connectivity index (χ1n) is 11.4. The van der Waals surface area contributed by atoms with E-state index in [4.69, 9.17) is 4.74 Å². The van der Waals surface area contributed by atoms with Crippen LogP contribution in [-0.2, 0) is 12.0 Å². The van der Waals surface area contributed by atoms with Crippen LogP contribution in [0.15, 0.2) is 53.3 Å². The minimum atomic E-state index is -0.210. The van der Waals surface area contributed by atoms with E-state index >= 15 is 0 Å². The fourth-order valence-corrected chi connectivity index (χ4v) is 4.34. The molecule has 7 heteroatoms. The fraction of sp³-hybridized carbons (Fsp3) is 0.423. The molecule has 2 aromatic carbocycles. The molecule has 1 fully saturated rings. The van der Waals surface area contributed by atoms with E-state index in [-0.39, 0.29) is 22.9 Å². The topological polar surface area (TPSA) is 80.2 Å². The van der Waals surface area contributed by atoms with Gasteiger partial charge in [-0.25, -0.2) is 9.89 Å². The van der Waals surface area contributed by atoms with Crippen LogP contribution in [0, 0.1) is 0 Å². The number of likely N-dealkylation sites (tertiary alicyclic amines) is 1. The van der Waals surface area contributed by atoms with Gasteiger partial charge < -0.3 is 9.64 Å². The summed E-state index contributed by atoms with van der Waals surface area (Å²) in [6, 6.07) is 15.6. The van der Waals surface area contributed by atoms with Crippen molar-refractivity contribution in [3.63, 3.8) is 0 Å². The molecule has 1 aliphatic rings. The quantitative estimate of drug-likeness (QED) is 0.641. The number of hydrogen-bond donors (Lipinski definition) is 1. The van der Waals surface area contributed by atoms with E-state index in [1.165, 1.54) is 5.56 Å². The van der Waals surface area contributed by atoms with Crippen molar-refractivity contribution in [2.75, 3.05) is 20.2 Å². The summed E-state index contributed by atoms with van der Waals surface area (Å²) < 4.78 is 6.91. The summed E-state index contributed by atoms with van der Waals surface area (Å²) in [4.78, 5) is 27.3. The van der Waals surface area contributed by atoms with Crippen LogP contribution < -0.4 is 10.4 Å². The van der Waals surface area contributed by atoms with Crippen LogP contribution in [0.2, 0.25) is 0 Å². The number of carbonyl (C=O) groups excluding carboxylic acids is 1. The largest absolute Gasteiger partial charge is 0.497 e. The zero-order valence-electron chi connectivity index (χ0n) is 19.8. The first-order valence-corrected chi connectivity index (χ1v) is 11.4. The molecular formula is C26H32N4O3. The molecule has 1 saturated heterocycles. The van der Waals surface area contributed by atoms with Gasteiger partial charge >= 0.3 is 5.69 Å². The molecule has 0 unspecified atom stereocenters. The number of hydrogen-bond acceptors (Lipinski definition) is 4. The second kappa shape index (κ2) is 9.25. The van der Waals surface area contributed by atoms with Gasteiger partial charge in [-0.2, -0.15) is 5.10 Å². The number of ether oxygens (including phenoxy) is 1. The Hall–Kier alpha value is -3.35. The van der Waals surface area contributed by atoms with Crippen molar-refractivity contribution in [1.29, 1.82) is 0 Å². The summed E-state index contributed by atoms with van der Waals surface area (Å²) in [5, 5.41) is 6.93. The molecule has 0 aliphatic carbocycles. The van der Waals surface area contributed by atoms with Crippen molar-refractivity contribution in [2.24, 2.45) is 0 Å². The lowest BCUT2D eigenvalue weighted by Crippen LogP contribution is -2.38. The normalized spacial score (nSPS) is 15.0. The zero-order chi connectivity index (χ0) is 23.6. The molecule has 0 saturated carbocycles. The van der Waals surface area contributed by atoms with Crippen LogP contribution in [0.3, 0.4) is 0 Å². The lowest BCUT2D eigenvalue weighted by molar-refractivity contribution is 0.0710. The Morgan fingerprint density at radius 3 is 2.27 bits per heavy atom. The number of nitrogens with zero attached hydrogens (tertiary/aromatic N) is 3. The Bertz CT molecular complexity index is 1150. The second-order valence-corrected chi connectivity index (χ2v) is 9.72. The van der Waals surface area contributed by atoms with E-state index < -0.39 is 0 Å². The fourth-order valence-electron chi connectivity index (χ4n) is 4.34. The standard InChI is InChI=1S/C26H32N4O3/c1-26(2,3)21-9-7-20(8-10-21)24(31)29-15-13-19(14-16-29)23-27-28-25(32)30(23)17-18-5-11-22(33-4)12-6-18/h5-12,19H,13-17H2,1-4H3,(H,28,32). The van der Waals surface area contributed by atoms with Crippen LogP contribution in [0.25, 0.3) is 0 Å². The smallest absolute Gasteiger partial charge is 0.343 e. The Morgan fingerprint density at radius 2 is 1.70 bits per heavy atom. The van der Waals surface area contributed by atoms with Gasteiger partial charge in [0.2, 0.25) is 0 Å². The van der Waals surface area contributed by atoms with Gasteiger partial charge in [-0.15, -0.1) is 0 Å². The molecule has 0 radical (unpaired) electrons. The van der Waals surface area contributed by atoms with Gasteiger partial charge in [-0.1, -0.05) is 45.0 Å². The molecule has 7 nitrogen and oxygen atoms in total. The number of carbonyl (C=O) groups is 1. The summed E-state index contributed by atoms with van der Waals surface area (Å²) in [5.74, 6) is 1.74. The van der Waals surface area contributed by atoms with Crippen molar-refractivity contribution in [1.82, 2.24) is 19.7 Å². The van der Waals surface area contributed by atoms with Crippen LogP contribution in [0.5, 0.6) is 5.75 Å². The van der Waals surface area contributed by atoms with Gasteiger partial charge in [0.15, 0.2) is 0 Å². The molecule has 2 heterocycles. The molecule has 174 valence electrons. The monoisotopic (exact) mass is 448 g/mol. The number of aromatic amines is 1. The molecule has 0 bridgehead atoms. The number of nitrogens with one attached hydrogen (secondary N) is 1. The van der Waals surface area contributed by atoms with E-state index in [1.54, 1.807) is 11.7 Å². The highest BCUT2D eigenvalue weighted by molar-refractivity contribution is 5.94. The molecule has 0 spiro atoms. The SMILES string of the molecule is COc1ccc(Cn2c(C3CCN(C(=O)c4ccc(C(C)(C)C)cc4)CC3)n[nH]c2=O)cc1. The maximum Gasteiger partial charge on any atom is 0.343 e. The van der Waals surface area contributed by atoms with E-state index in [0.29, 0.717) is 19.6 Å². The third-order valence-electron chi connectivity index (χ3n) is 6.43. The Kier molecular flexibility index (Phi) is 6.40. The maximum atomic E-state index is 13.0. The lowest BCUT2D eigenvalue weighted by Gasteiger charge is -2.32. The minimum absolute atomic E-state index is 0.0606. The van der Waals surface area contributed by atoms with E-state index in [9.17, 15) is 9.59 Å². The lowest BCUT2D eigenvalue weighted by atomic mass is 9.86. The molecular weight excluding hydrogens is 416 g/mol. The van der Waals surface area contributed by atoms with Gasteiger partial charge in [0.05, 0.1) is 13.7 Å². The van der Waals surface area contributed by atoms with Crippen molar-refractivity contribution < 1.29 is 9.53 Å². The number of benzene rings is 2. The average Bonchev–Trinajstić information content (AvgIpc) is 3.18.